The third kappa shape index (κ3) is 4.98. The molecule has 4 amide bonds. The number of piperidine rings is 1. The van der Waals surface area contributed by atoms with Crippen molar-refractivity contribution in [2.45, 2.75) is 78.1 Å². The first-order valence-electron chi connectivity index (χ1n) is 11.9. The summed E-state index contributed by atoms with van der Waals surface area (Å²) in [5.41, 5.74) is -0.787. The van der Waals surface area contributed by atoms with Crippen LogP contribution >= 0.6 is 0 Å². The van der Waals surface area contributed by atoms with Crippen molar-refractivity contribution >= 4 is 23.8 Å². The summed E-state index contributed by atoms with van der Waals surface area (Å²) in [4.78, 5) is 53.9. The highest BCUT2D eigenvalue weighted by atomic mass is 16.6. The first-order valence-corrected chi connectivity index (χ1v) is 11.9. The minimum Gasteiger partial charge on any atom is -0.444 e. The van der Waals surface area contributed by atoms with Crippen LogP contribution in [0.15, 0.2) is 0 Å². The predicted molar refractivity (Wildman–Crippen MR) is 123 cm³/mol. The molecule has 2 aliphatic heterocycles. The minimum atomic E-state index is -0.820. The van der Waals surface area contributed by atoms with Gasteiger partial charge in [-0.15, -0.1) is 0 Å². The first-order chi connectivity index (χ1) is 15.7. The Morgan fingerprint density at radius 3 is 2.53 bits per heavy atom. The van der Waals surface area contributed by atoms with Crippen molar-refractivity contribution < 1.29 is 23.9 Å². The van der Waals surface area contributed by atoms with Gasteiger partial charge in [-0.2, -0.15) is 5.26 Å². The number of hydrogen-bond acceptors (Lipinski definition) is 6. The molecule has 3 rings (SSSR count). The number of hydrogen-bond donors (Lipinski definition) is 2. The summed E-state index contributed by atoms with van der Waals surface area (Å²) in [6.45, 7) is 12.0. The second-order valence-electron chi connectivity index (χ2n) is 11.4. The van der Waals surface area contributed by atoms with E-state index in [1.165, 1.54) is 16.8 Å². The van der Waals surface area contributed by atoms with E-state index in [4.69, 9.17) is 4.74 Å². The van der Waals surface area contributed by atoms with Gasteiger partial charge in [-0.25, -0.2) is 4.79 Å². The molecule has 0 spiro atoms. The Kier molecular flexibility index (Phi) is 6.89. The number of ether oxygens (including phenoxy) is 1. The molecule has 188 valence electrons. The van der Waals surface area contributed by atoms with Crippen LogP contribution in [0, 0.1) is 34.5 Å². The number of nitriles is 1. The first kappa shape index (κ1) is 25.8. The van der Waals surface area contributed by atoms with Crippen molar-refractivity contribution in [1.29, 1.82) is 5.26 Å². The van der Waals surface area contributed by atoms with E-state index in [2.05, 4.69) is 30.6 Å². The summed E-state index contributed by atoms with van der Waals surface area (Å²) < 4.78 is 5.38. The molecule has 6 atom stereocenters. The van der Waals surface area contributed by atoms with E-state index in [0.717, 1.165) is 0 Å². The largest absolute Gasteiger partial charge is 0.444 e. The zero-order valence-corrected chi connectivity index (χ0v) is 21.2. The van der Waals surface area contributed by atoms with Crippen LogP contribution in [0.3, 0.4) is 0 Å². The highest BCUT2D eigenvalue weighted by molar-refractivity contribution is 5.93. The maximum absolute atomic E-state index is 13.4. The fraction of sp³-hybridized carbons (Fsp3) is 0.792. The lowest BCUT2D eigenvalue weighted by Gasteiger charge is -2.35. The van der Waals surface area contributed by atoms with E-state index in [1.54, 1.807) is 27.7 Å². The smallest absolute Gasteiger partial charge is 0.410 e. The SMILES string of the molecule is C[C@@H](C(=O)N1C[C@H]2[C@@H]([C@H]1C(=O)N[C@H](C#N)C[C@@H]1CCNC1=O)C2(C)C)N(C)C(=O)OC(C)(C)C. The Labute approximate surface area is 201 Å². The van der Waals surface area contributed by atoms with Gasteiger partial charge >= 0.3 is 6.09 Å². The standard InChI is InChI=1S/C24H37N5O5/c1-13(28(7)22(33)34-23(2,3)4)21(32)29-12-16-17(24(16,5)6)18(29)20(31)27-15(11-25)10-14-8-9-26-19(14)30/h13-18H,8-10,12H2,1-7H3,(H,26,30)(H,27,31)/t13-,14-,15-,16-,17-,18-/m0/s1. The van der Waals surface area contributed by atoms with Crippen LogP contribution in [-0.4, -0.2) is 77.5 Å². The second kappa shape index (κ2) is 9.08. The van der Waals surface area contributed by atoms with E-state index in [9.17, 15) is 24.4 Å². The zero-order valence-electron chi connectivity index (χ0n) is 21.2. The van der Waals surface area contributed by atoms with Gasteiger partial charge in [0.25, 0.3) is 0 Å². The summed E-state index contributed by atoms with van der Waals surface area (Å²) in [7, 11) is 1.50. The predicted octanol–water partition coefficient (Wildman–Crippen LogP) is 1.26. The quantitative estimate of drug-likeness (QED) is 0.594. The average molecular weight is 476 g/mol. The summed E-state index contributed by atoms with van der Waals surface area (Å²) in [6, 6.07) is -0.275. The fourth-order valence-electron chi connectivity index (χ4n) is 5.27. The Morgan fingerprint density at radius 1 is 1.35 bits per heavy atom. The van der Waals surface area contributed by atoms with Gasteiger partial charge in [0.15, 0.2) is 0 Å². The summed E-state index contributed by atoms with van der Waals surface area (Å²) in [5.74, 6) is -0.978. The Hall–Kier alpha value is -2.83. The monoisotopic (exact) mass is 475 g/mol. The van der Waals surface area contributed by atoms with Crippen LogP contribution < -0.4 is 10.6 Å². The molecule has 2 heterocycles. The van der Waals surface area contributed by atoms with Gasteiger partial charge in [0.1, 0.15) is 23.7 Å². The fourth-order valence-corrected chi connectivity index (χ4v) is 5.27. The van der Waals surface area contributed by atoms with Gasteiger partial charge in [0, 0.05) is 26.1 Å². The van der Waals surface area contributed by atoms with E-state index in [-0.39, 0.29) is 47.3 Å². The van der Waals surface area contributed by atoms with Crippen molar-refractivity contribution in [3.63, 3.8) is 0 Å². The minimum absolute atomic E-state index is 0.0235. The van der Waals surface area contributed by atoms with Crippen LogP contribution in [0.5, 0.6) is 0 Å². The summed E-state index contributed by atoms with van der Waals surface area (Å²) in [6.07, 6.45) is 0.260. The number of carbonyl (C=O) groups is 4. The lowest BCUT2D eigenvalue weighted by atomic mass is 9.97. The van der Waals surface area contributed by atoms with Gasteiger partial charge in [0.05, 0.1) is 6.07 Å². The second-order valence-corrected chi connectivity index (χ2v) is 11.4. The Morgan fingerprint density at radius 2 is 2.00 bits per heavy atom. The maximum atomic E-state index is 13.4. The summed E-state index contributed by atoms with van der Waals surface area (Å²) >= 11 is 0. The Bertz CT molecular complexity index is 904. The van der Waals surface area contributed by atoms with Crippen LogP contribution in [0.4, 0.5) is 4.79 Å². The van der Waals surface area contributed by atoms with E-state index < -0.39 is 29.8 Å². The number of fused-ring (bicyclic) bond motifs is 1. The molecule has 0 radical (unpaired) electrons. The van der Waals surface area contributed by atoms with Crippen LogP contribution in [0.2, 0.25) is 0 Å². The van der Waals surface area contributed by atoms with Crippen molar-refractivity contribution in [1.82, 2.24) is 20.4 Å². The van der Waals surface area contributed by atoms with Crippen molar-refractivity contribution in [2.24, 2.45) is 23.2 Å². The number of nitrogens with one attached hydrogen (secondary N) is 2. The average Bonchev–Trinajstić information content (AvgIpc) is 3.11. The number of nitrogens with zero attached hydrogens (tertiary/aromatic N) is 3. The van der Waals surface area contributed by atoms with Crippen molar-refractivity contribution in [3.05, 3.63) is 0 Å². The van der Waals surface area contributed by atoms with Crippen LogP contribution in [0.1, 0.15) is 54.4 Å². The molecule has 3 aliphatic rings. The number of amides is 4. The number of likely N-dealkylation sites (N-methyl/N-ethyl adjacent to an activating group) is 1. The molecule has 10 nitrogen and oxygen atoms in total. The summed E-state index contributed by atoms with van der Waals surface area (Å²) in [5, 5.41) is 15.1. The maximum Gasteiger partial charge on any atom is 0.410 e. The Balaban J connectivity index is 1.71. The van der Waals surface area contributed by atoms with Gasteiger partial charge in [0.2, 0.25) is 17.7 Å². The van der Waals surface area contributed by atoms with Gasteiger partial charge in [-0.1, -0.05) is 13.8 Å². The van der Waals surface area contributed by atoms with Crippen LogP contribution in [-0.2, 0) is 19.1 Å². The molecule has 0 unspecified atom stereocenters. The molecule has 0 aromatic carbocycles. The molecule has 10 heteroatoms. The van der Waals surface area contributed by atoms with Gasteiger partial charge in [-0.05, 0) is 57.8 Å². The van der Waals surface area contributed by atoms with E-state index >= 15 is 0 Å². The lowest BCUT2D eigenvalue weighted by Crippen LogP contribution is -2.56. The van der Waals surface area contributed by atoms with Gasteiger partial charge < -0.3 is 20.3 Å². The third-order valence-electron chi connectivity index (χ3n) is 7.54. The van der Waals surface area contributed by atoms with Crippen LogP contribution in [0.25, 0.3) is 0 Å². The molecule has 2 N–H and O–H groups in total. The molecule has 2 saturated heterocycles. The molecule has 34 heavy (non-hydrogen) atoms. The topological polar surface area (TPSA) is 132 Å². The number of carbonyl (C=O) groups excluding carboxylic acids is 4. The van der Waals surface area contributed by atoms with Crippen molar-refractivity contribution in [2.75, 3.05) is 20.1 Å². The molecular weight excluding hydrogens is 438 g/mol. The third-order valence-corrected chi connectivity index (χ3v) is 7.54. The molecule has 0 aromatic heterocycles. The lowest BCUT2D eigenvalue weighted by molar-refractivity contribution is -0.143. The molecule has 0 bridgehead atoms. The van der Waals surface area contributed by atoms with E-state index in [0.29, 0.717) is 19.5 Å². The number of rotatable bonds is 6. The van der Waals surface area contributed by atoms with E-state index in [1.807, 2.05) is 0 Å². The normalized spacial score (nSPS) is 28.8. The van der Waals surface area contributed by atoms with Gasteiger partial charge in [-0.3, -0.25) is 19.3 Å². The molecule has 1 aliphatic carbocycles. The molecule has 3 fully saturated rings. The highest BCUT2D eigenvalue weighted by Gasteiger charge is 2.69. The highest BCUT2D eigenvalue weighted by Crippen LogP contribution is 2.64. The zero-order chi connectivity index (χ0) is 25.6. The molecule has 0 aromatic rings. The van der Waals surface area contributed by atoms with Crippen molar-refractivity contribution in [3.8, 4) is 6.07 Å². The molecular formula is C24H37N5O5. The molecule has 1 saturated carbocycles. The number of likely N-dealkylation sites (tertiary alicyclic amines) is 1.